The Hall–Kier alpha value is -1.75. The fraction of sp³-hybridized carbons (Fsp3) is 0.167. The van der Waals surface area contributed by atoms with Crippen molar-refractivity contribution in [2.75, 3.05) is 11.6 Å². The lowest BCUT2D eigenvalue weighted by molar-refractivity contribution is 0.780. The van der Waals surface area contributed by atoms with E-state index in [-0.39, 0.29) is 5.56 Å². The minimum atomic E-state index is -0.222. The topological polar surface area (TPSA) is 60.9 Å². The van der Waals surface area contributed by atoms with Crippen molar-refractivity contribution in [3.63, 3.8) is 0 Å². The highest BCUT2D eigenvalue weighted by atomic mass is 32.2. The van der Waals surface area contributed by atoms with Crippen LogP contribution in [0.2, 0.25) is 0 Å². The number of nitrogens with zero attached hydrogens (tertiary/aromatic N) is 2. The summed E-state index contributed by atoms with van der Waals surface area (Å²) in [4.78, 5) is 16.3. The number of fused-ring (bicyclic) bond motifs is 1. The van der Waals surface area contributed by atoms with Gasteiger partial charge < -0.3 is 5.84 Å². The average molecular weight is 247 g/mol. The molecule has 0 fully saturated rings. The van der Waals surface area contributed by atoms with Gasteiger partial charge in [0.1, 0.15) is 0 Å². The molecule has 0 aliphatic carbocycles. The number of hydrogen-bond donors (Lipinski definition) is 1. The number of nitrogen functional groups attached to an aromatic ring is 1. The molecule has 88 valence electrons. The van der Waals surface area contributed by atoms with Crippen molar-refractivity contribution >= 4 is 22.7 Å². The van der Waals surface area contributed by atoms with Gasteiger partial charge in [-0.25, -0.2) is 9.66 Å². The second-order valence-electron chi connectivity index (χ2n) is 3.83. The summed E-state index contributed by atoms with van der Waals surface area (Å²) in [5.41, 5.74) is 1.46. The van der Waals surface area contributed by atoms with Crippen LogP contribution in [0.5, 0.6) is 0 Å². The molecule has 0 saturated heterocycles. The molecule has 0 atom stereocenters. The van der Waals surface area contributed by atoms with E-state index in [0.717, 1.165) is 10.2 Å². The Morgan fingerprint density at radius 2 is 2.24 bits per heavy atom. The van der Waals surface area contributed by atoms with Gasteiger partial charge in [0, 0.05) is 5.75 Å². The first-order valence-electron chi connectivity index (χ1n) is 5.13. The molecule has 1 aromatic carbocycles. The average Bonchev–Trinajstić information content (AvgIpc) is 2.32. The lowest BCUT2D eigenvalue weighted by Gasteiger charge is -2.07. The standard InChI is InChI=1S/C12H13N3OS/c1-8(2)7-17-12-14-10-6-4-3-5-9(10)11(16)15(12)13/h3-6H,1,7,13H2,2H3. The summed E-state index contributed by atoms with van der Waals surface area (Å²) < 4.78 is 1.09. The van der Waals surface area contributed by atoms with Gasteiger partial charge in [0.2, 0.25) is 0 Å². The third-order valence-electron chi connectivity index (χ3n) is 2.22. The zero-order chi connectivity index (χ0) is 12.4. The quantitative estimate of drug-likeness (QED) is 0.389. The van der Waals surface area contributed by atoms with E-state index in [1.165, 1.54) is 11.8 Å². The van der Waals surface area contributed by atoms with Crippen molar-refractivity contribution in [2.24, 2.45) is 0 Å². The molecule has 2 N–H and O–H groups in total. The van der Waals surface area contributed by atoms with E-state index in [1.54, 1.807) is 12.1 Å². The minimum absolute atomic E-state index is 0.222. The third-order valence-corrected chi connectivity index (χ3v) is 3.41. The van der Waals surface area contributed by atoms with Gasteiger partial charge in [0.15, 0.2) is 5.16 Å². The molecule has 0 aliphatic heterocycles. The number of aromatic nitrogens is 2. The summed E-state index contributed by atoms with van der Waals surface area (Å²) in [6.45, 7) is 5.73. The summed E-state index contributed by atoms with van der Waals surface area (Å²) in [6, 6.07) is 7.18. The zero-order valence-electron chi connectivity index (χ0n) is 9.51. The molecule has 0 unspecified atom stereocenters. The Labute approximate surface area is 103 Å². The van der Waals surface area contributed by atoms with Gasteiger partial charge in [0.25, 0.3) is 5.56 Å². The van der Waals surface area contributed by atoms with Gasteiger partial charge in [-0.3, -0.25) is 4.79 Å². The highest BCUT2D eigenvalue weighted by molar-refractivity contribution is 7.99. The van der Waals surface area contributed by atoms with Crippen LogP contribution < -0.4 is 11.4 Å². The maximum Gasteiger partial charge on any atom is 0.280 e. The Kier molecular flexibility index (Phi) is 3.19. The second-order valence-corrected chi connectivity index (χ2v) is 4.77. The maximum atomic E-state index is 12.0. The SMILES string of the molecule is C=C(C)CSc1nc2ccccc2c(=O)n1N. The molecule has 1 aromatic heterocycles. The van der Waals surface area contributed by atoms with Crippen LogP contribution in [0.25, 0.3) is 10.9 Å². The minimum Gasteiger partial charge on any atom is -0.334 e. The Balaban J connectivity index is 2.54. The van der Waals surface area contributed by atoms with Crippen LogP contribution in [0.3, 0.4) is 0 Å². The Bertz CT molecular complexity index is 633. The molecule has 2 aromatic rings. The Morgan fingerprint density at radius 3 is 2.94 bits per heavy atom. The van der Waals surface area contributed by atoms with Gasteiger partial charge in [-0.2, -0.15) is 0 Å². The first-order chi connectivity index (χ1) is 8.09. The van der Waals surface area contributed by atoms with Gasteiger partial charge in [-0.1, -0.05) is 36.0 Å². The second kappa shape index (κ2) is 4.63. The fourth-order valence-corrected chi connectivity index (χ4v) is 2.18. The molecule has 0 bridgehead atoms. The van der Waals surface area contributed by atoms with E-state index in [1.807, 2.05) is 19.1 Å². The normalized spacial score (nSPS) is 10.6. The van der Waals surface area contributed by atoms with E-state index in [0.29, 0.717) is 21.8 Å². The molecule has 0 saturated carbocycles. The van der Waals surface area contributed by atoms with Crippen molar-refractivity contribution in [3.05, 3.63) is 46.8 Å². The maximum absolute atomic E-state index is 12.0. The van der Waals surface area contributed by atoms with E-state index in [4.69, 9.17) is 5.84 Å². The van der Waals surface area contributed by atoms with Gasteiger partial charge in [0.05, 0.1) is 10.9 Å². The molecule has 2 rings (SSSR count). The van der Waals surface area contributed by atoms with Crippen molar-refractivity contribution in [1.29, 1.82) is 0 Å². The summed E-state index contributed by atoms with van der Waals surface area (Å²) in [6.07, 6.45) is 0. The lowest BCUT2D eigenvalue weighted by Crippen LogP contribution is -2.29. The first-order valence-corrected chi connectivity index (χ1v) is 6.12. The summed E-state index contributed by atoms with van der Waals surface area (Å²) >= 11 is 1.41. The van der Waals surface area contributed by atoms with Crippen molar-refractivity contribution in [2.45, 2.75) is 12.1 Å². The number of benzene rings is 1. The van der Waals surface area contributed by atoms with Gasteiger partial charge >= 0.3 is 0 Å². The molecular weight excluding hydrogens is 234 g/mol. The zero-order valence-corrected chi connectivity index (χ0v) is 10.3. The fourth-order valence-electron chi connectivity index (χ4n) is 1.42. The van der Waals surface area contributed by atoms with Crippen LogP contribution >= 0.6 is 11.8 Å². The molecule has 5 heteroatoms. The van der Waals surface area contributed by atoms with Crippen molar-refractivity contribution in [1.82, 2.24) is 9.66 Å². The predicted octanol–water partition coefficient (Wildman–Crippen LogP) is 1.78. The van der Waals surface area contributed by atoms with Crippen LogP contribution in [-0.4, -0.2) is 15.4 Å². The molecule has 0 spiro atoms. The molecule has 0 amide bonds. The van der Waals surface area contributed by atoms with Crippen molar-refractivity contribution < 1.29 is 0 Å². The predicted molar refractivity (Wildman–Crippen MR) is 71.7 cm³/mol. The molecule has 17 heavy (non-hydrogen) atoms. The van der Waals surface area contributed by atoms with Crippen molar-refractivity contribution in [3.8, 4) is 0 Å². The highest BCUT2D eigenvalue weighted by Gasteiger charge is 2.08. The van der Waals surface area contributed by atoms with E-state index in [9.17, 15) is 4.79 Å². The van der Waals surface area contributed by atoms with Crippen LogP contribution in [0.4, 0.5) is 0 Å². The van der Waals surface area contributed by atoms with E-state index in [2.05, 4.69) is 11.6 Å². The number of para-hydroxylation sites is 1. The van der Waals surface area contributed by atoms with Gasteiger partial charge in [-0.05, 0) is 19.1 Å². The monoisotopic (exact) mass is 247 g/mol. The smallest absolute Gasteiger partial charge is 0.280 e. The molecule has 0 aliphatic rings. The summed E-state index contributed by atoms with van der Waals surface area (Å²) in [7, 11) is 0. The van der Waals surface area contributed by atoms with Crippen LogP contribution in [-0.2, 0) is 0 Å². The molecule has 0 radical (unpaired) electrons. The number of thioether (sulfide) groups is 1. The largest absolute Gasteiger partial charge is 0.334 e. The number of nitrogens with two attached hydrogens (primary N) is 1. The van der Waals surface area contributed by atoms with Crippen LogP contribution in [0, 0.1) is 0 Å². The molecule has 1 heterocycles. The molecule has 4 nitrogen and oxygen atoms in total. The summed E-state index contributed by atoms with van der Waals surface area (Å²) in [5, 5.41) is 1.05. The lowest BCUT2D eigenvalue weighted by atomic mass is 10.2. The number of rotatable bonds is 3. The van der Waals surface area contributed by atoms with Gasteiger partial charge in [-0.15, -0.1) is 0 Å². The van der Waals surface area contributed by atoms with E-state index >= 15 is 0 Å². The van der Waals surface area contributed by atoms with E-state index < -0.39 is 0 Å². The third kappa shape index (κ3) is 2.34. The molecular formula is C12H13N3OS. The van der Waals surface area contributed by atoms with Crippen LogP contribution in [0.15, 0.2) is 46.4 Å². The summed E-state index contributed by atoms with van der Waals surface area (Å²) in [5.74, 6) is 6.42. The first kappa shape index (κ1) is 11.7. The Morgan fingerprint density at radius 1 is 1.53 bits per heavy atom. The number of hydrogen-bond acceptors (Lipinski definition) is 4. The van der Waals surface area contributed by atoms with Crippen LogP contribution in [0.1, 0.15) is 6.92 Å². The highest BCUT2D eigenvalue weighted by Crippen LogP contribution is 2.17.